The highest BCUT2D eigenvalue weighted by Crippen LogP contribution is 2.19. The monoisotopic (exact) mass is 336 g/mol. The zero-order chi connectivity index (χ0) is 16.6. The Morgan fingerprint density at radius 2 is 2.04 bits per heavy atom. The first-order valence-electron chi connectivity index (χ1n) is 9.72. The minimum Gasteiger partial charge on any atom is -0.376 e. The van der Waals surface area contributed by atoms with E-state index in [9.17, 15) is 4.79 Å². The lowest BCUT2D eigenvalue weighted by molar-refractivity contribution is -0.0728. The molecule has 2 amide bonds. The van der Waals surface area contributed by atoms with Gasteiger partial charge in [-0.25, -0.2) is 4.79 Å². The van der Waals surface area contributed by atoms with Gasteiger partial charge in [0.2, 0.25) is 0 Å². The fourth-order valence-electron chi connectivity index (χ4n) is 3.79. The van der Waals surface area contributed by atoms with Gasteiger partial charge in [-0.2, -0.15) is 0 Å². The molecule has 5 nitrogen and oxygen atoms in total. The molecule has 0 unspecified atom stereocenters. The second kappa shape index (κ2) is 9.42. The summed E-state index contributed by atoms with van der Waals surface area (Å²) in [5, 5.41) is 3.11. The van der Waals surface area contributed by atoms with E-state index in [1.807, 2.05) is 4.90 Å². The number of amides is 2. The molecule has 0 spiro atoms. The molecule has 0 aromatic carbocycles. The van der Waals surface area contributed by atoms with Crippen molar-refractivity contribution in [2.75, 3.05) is 32.8 Å². The molecule has 1 N–H and O–H groups in total. The highest BCUT2D eigenvalue weighted by Gasteiger charge is 2.25. The third-order valence-electron chi connectivity index (χ3n) is 5.44. The Labute approximate surface area is 145 Å². The van der Waals surface area contributed by atoms with Crippen molar-refractivity contribution in [3.8, 4) is 0 Å². The molecular formula is C19H32N2O3. The Morgan fingerprint density at radius 1 is 1.17 bits per heavy atom. The number of allylic oxidation sites excluding steroid dienone is 2. The maximum atomic E-state index is 12.3. The molecule has 2 atom stereocenters. The van der Waals surface area contributed by atoms with E-state index in [0.717, 1.165) is 58.3 Å². The Hall–Kier alpha value is -1.07. The van der Waals surface area contributed by atoms with Gasteiger partial charge in [-0.15, -0.1) is 0 Å². The predicted octanol–water partition coefficient (Wildman–Crippen LogP) is 3.10. The molecule has 0 aromatic rings. The van der Waals surface area contributed by atoms with Crippen molar-refractivity contribution in [3.05, 3.63) is 12.2 Å². The quantitative estimate of drug-likeness (QED) is 0.785. The molecule has 0 aromatic heterocycles. The third-order valence-corrected chi connectivity index (χ3v) is 5.44. The number of ether oxygens (including phenoxy) is 2. The zero-order valence-corrected chi connectivity index (χ0v) is 14.8. The maximum Gasteiger partial charge on any atom is 0.317 e. The first kappa shape index (κ1) is 17.7. The lowest BCUT2D eigenvalue weighted by atomic mass is 9.94. The fourth-order valence-corrected chi connectivity index (χ4v) is 3.79. The van der Waals surface area contributed by atoms with Crippen molar-refractivity contribution in [1.82, 2.24) is 10.2 Å². The lowest BCUT2D eigenvalue weighted by Crippen LogP contribution is -2.47. The second-order valence-electron chi connectivity index (χ2n) is 7.34. The van der Waals surface area contributed by atoms with Crippen molar-refractivity contribution in [3.63, 3.8) is 0 Å². The minimum absolute atomic E-state index is 0.0959. The van der Waals surface area contributed by atoms with Gasteiger partial charge in [0.25, 0.3) is 0 Å². The average Bonchev–Trinajstić information content (AvgIpc) is 2.66. The minimum atomic E-state index is 0.0959. The van der Waals surface area contributed by atoms with Gasteiger partial charge in [-0.3, -0.25) is 0 Å². The van der Waals surface area contributed by atoms with Gasteiger partial charge < -0.3 is 19.7 Å². The van der Waals surface area contributed by atoms with E-state index in [1.54, 1.807) is 0 Å². The first-order chi connectivity index (χ1) is 11.8. The molecule has 24 heavy (non-hydrogen) atoms. The number of nitrogens with one attached hydrogen (secondary N) is 1. The Kier molecular flexibility index (Phi) is 6.97. The molecule has 0 radical (unpaired) electrons. The molecule has 3 aliphatic rings. The summed E-state index contributed by atoms with van der Waals surface area (Å²) in [6, 6.07) is 0.0959. The van der Waals surface area contributed by atoms with Crippen LogP contribution < -0.4 is 5.32 Å². The van der Waals surface area contributed by atoms with E-state index in [-0.39, 0.29) is 18.2 Å². The Morgan fingerprint density at radius 3 is 2.75 bits per heavy atom. The molecule has 0 bridgehead atoms. The molecule has 1 aliphatic carbocycles. The van der Waals surface area contributed by atoms with Gasteiger partial charge in [0, 0.05) is 26.2 Å². The first-order valence-corrected chi connectivity index (χ1v) is 9.72. The maximum absolute atomic E-state index is 12.3. The number of hydrogen-bond acceptors (Lipinski definition) is 3. The molecule has 2 heterocycles. The third kappa shape index (κ3) is 5.49. The fraction of sp³-hybridized carbons (Fsp3) is 0.842. The lowest BCUT2D eigenvalue weighted by Gasteiger charge is -2.33. The summed E-state index contributed by atoms with van der Waals surface area (Å²) in [7, 11) is 0. The molecule has 3 rings (SSSR count). The normalized spacial score (nSPS) is 28.8. The molecule has 2 aliphatic heterocycles. The summed E-state index contributed by atoms with van der Waals surface area (Å²) in [6.45, 7) is 3.99. The SMILES string of the molecule is O=C(NC[C@@H]1CC=CCC1)N1CCC(OC[C@H]2CCCCO2)CC1. The topological polar surface area (TPSA) is 50.8 Å². The highest BCUT2D eigenvalue weighted by molar-refractivity contribution is 5.74. The number of urea groups is 1. The van der Waals surface area contributed by atoms with Gasteiger partial charge in [0.15, 0.2) is 0 Å². The van der Waals surface area contributed by atoms with Crippen molar-refractivity contribution in [2.45, 2.75) is 63.6 Å². The Balaban J connectivity index is 1.29. The van der Waals surface area contributed by atoms with Crippen LogP contribution >= 0.6 is 0 Å². The average molecular weight is 336 g/mol. The summed E-state index contributed by atoms with van der Waals surface area (Å²) in [4.78, 5) is 14.2. The number of carbonyl (C=O) groups excluding carboxylic acids is 1. The van der Waals surface area contributed by atoms with Gasteiger partial charge in [0.05, 0.1) is 18.8 Å². The van der Waals surface area contributed by atoms with E-state index in [2.05, 4.69) is 17.5 Å². The van der Waals surface area contributed by atoms with Crippen LogP contribution in [0.1, 0.15) is 51.4 Å². The van der Waals surface area contributed by atoms with Crippen LogP contribution in [0.3, 0.4) is 0 Å². The van der Waals surface area contributed by atoms with Gasteiger partial charge in [-0.1, -0.05) is 12.2 Å². The van der Waals surface area contributed by atoms with Crippen molar-refractivity contribution >= 4 is 6.03 Å². The molecule has 0 saturated carbocycles. The van der Waals surface area contributed by atoms with Gasteiger partial charge in [-0.05, 0) is 57.3 Å². The smallest absolute Gasteiger partial charge is 0.317 e. The van der Waals surface area contributed by atoms with Crippen molar-refractivity contribution in [1.29, 1.82) is 0 Å². The molecule has 5 heteroatoms. The Bertz CT molecular complexity index is 413. The van der Waals surface area contributed by atoms with Crippen LogP contribution in [-0.2, 0) is 9.47 Å². The summed E-state index contributed by atoms with van der Waals surface area (Å²) >= 11 is 0. The van der Waals surface area contributed by atoms with Crippen LogP contribution in [0.4, 0.5) is 4.79 Å². The number of hydrogen-bond donors (Lipinski definition) is 1. The number of rotatable bonds is 5. The second-order valence-corrected chi connectivity index (χ2v) is 7.34. The summed E-state index contributed by atoms with van der Waals surface area (Å²) in [5.41, 5.74) is 0. The summed E-state index contributed by atoms with van der Waals surface area (Å²) < 4.78 is 11.7. The van der Waals surface area contributed by atoms with Crippen LogP contribution in [0.5, 0.6) is 0 Å². The summed E-state index contributed by atoms with van der Waals surface area (Å²) in [6.07, 6.45) is 13.9. The number of carbonyl (C=O) groups is 1. The van der Waals surface area contributed by atoms with E-state index in [4.69, 9.17) is 9.47 Å². The molecular weight excluding hydrogens is 304 g/mol. The van der Waals surface area contributed by atoms with Crippen LogP contribution in [0.15, 0.2) is 12.2 Å². The largest absolute Gasteiger partial charge is 0.376 e. The van der Waals surface area contributed by atoms with Crippen LogP contribution in [0.2, 0.25) is 0 Å². The standard InChI is InChI=1S/C19H32N2O3/c22-19(20-14-16-6-2-1-3-7-16)21-11-9-17(10-12-21)24-15-18-8-4-5-13-23-18/h1-2,16-18H,3-15H2,(H,20,22)/t16-,18-/m1/s1. The molecule has 2 fully saturated rings. The zero-order valence-electron chi connectivity index (χ0n) is 14.8. The number of likely N-dealkylation sites (tertiary alicyclic amines) is 1. The summed E-state index contributed by atoms with van der Waals surface area (Å²) in [5.74, 6) is 0.607. The van der Waals surface area contributed by atoms with E-state index >= 15 is 0 Å². The van der Waals surface area contributed by atoms with Crippen LogP contribution in [-0.4, -0.2) is 56.0 Å². The predicted molar refractivity (Wildman–Crippen MR) is 94.0 cm³/mol. The number of piperidine rings is 1. The van der Waals surface area contributed by atoms with Gasteiger partial charge in [0.1, 0.15) is 0 Å². The van der Waals surface area contributed by atoms with E-state index < -0.39 is 0 Å². The van der Waals surface area contributed by atoms with Crippen molar-refractivity contribution < 1.29 is 14.3 Å². The molecule has 136 valence electrons. The van der Waals surface area contributed by atoms with Crippen LogP contribution in [0.25, 0.3) is 0 Å². The van der Waals surface area contributed by atoms with Crippen LogP contribution in [0, 0.1) is 5.92 Å². The van der Waals surface area contributed by atoms with Crippen molar-refractivity contribution in [2.24, 2.45) is 5.92 Å². The van der Waals surface area contributed by atoms with Gasteiger partial charge >= 0.3 is 6.03 Å². The number of nitrogens with zero attached hydrogens (tertiary/aromatic N) is 1. The van der Waals surface area contributed by atoms with E-state index in [0.29, 0.717) is 12.5 Å². The van der Waals surface area contributed by atoms with E-state index in [1.165, 1.54) is 19.3 Å². The highest BCUT2D eigenvalue weighted by atomic mass is 16.5. The molecule has 2 saturated heterocycles.